The average Bonchev–Trinajstić information content (AvgIpc) is 2.26. The molecule has 0 spiro atoms. The van der Waals surface area contributed by atoms with Crippen molar-refractivity contribution in [3.05, 3.63) is 33.9 Å². The van der Waals surface area contributed by atoms with E-state index in [0.717, 1.165) is 6.07 Å². The fourth-order valence-corrected chi connectivity index (χ4v) is 1.57. The van der Waals surface area contributed by atoms with Crippen LogP contribution in [-0.2, 0) is 0 Å². The molecule has 0 radical (unpaired) electrons. The van der Waals surface area contributed by atoms with Crippen LogP contribution in [0.15, 0.2) is 12.1 Å². The van der Waals surface area contributed by atoms with Crippen LogP contribution in [-0.4, -0.2) is 18.5 Å². The smallest absolute Gasteiger partial charge is 0.328 e. The van der Waals surface area contributed by atoms with Gasteiger partial charge >= 0.3 is 5.69 Å². The Hall–Kier alpha value is -2.23. The molecule has 0 saturated heterocycles. The molecule has 96 valence electrons. The van der Waals surface area contributed by atoms with Crippen molar-refractivity contribution >= 4 is 11.4 Å². The van der Waals surface area contributed by atoms with E-state index in [-0.39, 0.29) is 12.2 Å². The minimum atomic E-state index is -1.23. The second-order valence-electron chi connectivity index (χ2n) is 3.92. The van der Waals surface area contributed by atoms with E-state index in [0.29, 0.717) is 6.07 Å². The minimum absolute atomic E-state index is 0.139. The quantitative estimate of drug-likeness (QED) is 0.612. The van der Waals surface area contributed by atoms with Crippen LogP contribution < -0.4 is 4.90 Å². The van der Waals surface area contributed by atoms with E-state index < -0.39 is 28.2 Å². The number of nitrogens with zero attached hydrogens (tertiary/aromatic N) is 3. The van der Waals surface area contributed by atoms with E-state index in [1.165, 1.54) is 11.9 Å². The number of anilines is 1. The molecule has 1 unspecified atom stereocenters. The lowest BCUT2D eigenvalue weighted by Crippen LogP contribution is -2.24. The van der Waals surface area contributed by atoms with Gasteiger partial charge in [-0.2, -0.15) is 9.65 Å². The summed E-state index contributed by atoms with van der Waals surface area (Å²) in [5, 5.41) is 19.4. The van der Waals surface area contributed by atoms with Crippen molar-refractivity contribution < 1.29 is 13.7 Å². The van der Waals surface area contributed by atoms with E-state index in [2.05, 4.69) is 0 Å². The van der Waals surface area contributed by atoms with Crippen LogP contribution in [0.5, 0.6) is 0 Å². The highest BCUT2D eigenvalue weighted by atomic mass is 19.1. The molecule has 0 heterocycles. The molecule has 0 amide bonds. The Morgan fingerprint density at radius 3 is 2.67 bits per heavy atom. The normalized spacial score (nSPS) is 11.7. The third-order valence-corrected chi connectivity index (χ3v) is 2.37. The molecule has 1 aromatic rings. The van der Waals surface area contributed by atoms with Gasteiger partial charge in [-0.25, -0.2) is 4.39 Å². The lowest BCUT2D eigenvalue weighted by Gasteiger charge is -2.20. The van der Waals surface area contributed by atoms with Gasteiger partial charge in [-0.3, -0.25) is 10.1 Å². The van der Waals surface area contributed by atoms with Gasteiger partial charge in [0.05, 0.1) is 16.9 Å². The van der Waals surface area contributed by atoms with Gasteiger partial charge in [0.15, 0.2) is 0 Å². The third kappa shape index (κ3) is 2.91. The topological polar surface area (TPSA) is 70.2 Å². The van der Waals surface area contributed by atoms with Crippen LogP contribution in [0.2, 0.25) is 0 Å². The monoisotopic (exact) mass is 255 g/mol. The second-order valence-corrected chi connectivity index (χ2v) is 3.92. The highest BCUT2D eigenvalue weighted by molar-refractivity contribution is 5.63. The molecule has 0 aliphatic rings. The van der Waals surface area contributed by atoms with E-state index in [9.17, 15) is 18.9 Å². The summed E-state index contributed by atoms with van der Waals surface area (Å²) in [6.45, 7) is 1.75. The molecule has 1 aromatic carbocycles. The predicted octanol–water partition coefficient (Wildman–Crippen LogP) is 2.47. The first-order chi connectivity index (χ1) is 8.36. The fraction of sp³-hybridized carbons (Fsp3) is 0.364. The Morgan fingerprint density at radius 1 is 1.56 bits per heavy atom. The number of halogens is 2. The van der Waals surface area contributed by atoms with Gasteiger partial charge in [0.25, 0.3) is 0 Å². The van der Waals surface area contributed by atoms with Gasteiger partial charge in [-0.1, -0.05) is 0 Å². The maximum Gasteiger partial charge on any atom is 0.328 e. The fourth-order valence-electron chi connectivity index (χ4n) is 1.57. The van der Waals surface area contributed by atoms with Crippen LogP contribution >= 0.6 is 0 Å². The molecule has 7 heteroatoms. The molecule has 0 fully saturated rings. The number of rotatable bonds is 4. The van der Waals surface area contributed by atoms with Crippen LogP contribution in [0.3, 0.4) is 0 Å². The van der Waals surface area contributed by atoms with Gasteiger partial charge in [0.1, 0.15) is 11.5 Å². The summed E-state index contributed by atoms with van der Waals surface area (Å²) in [5.74, 6) is -2.54. The Morgan fingerprint density at radius 2 is 2.17 bits per heavy atom. The van der Waals surface area contributed by atoms with E-state index in [1.807, 2.05) is 6.07 Å². The molecule has 1 atom stereocenters. The van der Waals surface area contributed by atoms with E-state index in [1.54, 1.807) is 6.92 Å². The minimum Gasteiger partial charge on any atom is -0.368 e. The Kier molecular flexibility index (Phi) is 4.15. The van der Waals surface area contributed by atoms with Gasteiger partial charge in [-0.15, -0.1) is 0 Å². The lowest BCUT2D eigenvalue weighted by atomic mass is 10.1. The van der Waals surface area contributed by atoms with Crippen LogP contribution in [0.25, 0.3) is 0 Å². The summed E-state index contributed by atoms with van der Waals surface area (Å²) < 4.78 is 26.5. The molecule has 1 rings (SSSR count). The number of nitro groups is 1. The number of nitriles is 1. The summed E-state index contributed by atoms with van der Waals surface area (Å²) >= 11 is 0. The van der Waals surface area contributed by atoms with Crippen LogP contribution in [0.4, 0.5) is 20.2 Å². The Bertz CT molecular complexity index is 514. The maximum atomic E-state index is 13.4. The molecule has 0 bridgehead atoms. The first-order valence-corrected chi connectivity index (χ1v) is 5.11. The molecule has 0 aliphatic heterocycles. The zero-order valence-corrected chi connectivity index (χ0v) is 9.85. The van der Waals surface area contributed by atoms with Crippen molar-refractivity contribution in [2.75, 3.05) is 18.5 Å². The number of hydrogen-bond acceptors (Lipinski definition) is 4. The average molecular weight is 255 g/mol. The zero-order valence-electron chi connectivity index (χ0n) is 9.85. The van der Waals surface area contributed by atoms with Crippen molar-refractivity contribution in [2.24, 2.45) is 5.92 Å². The van der Waals surface area contributed by atoms with Gasteiger partial charge < -0.3 is 4.90 Å². The zero-order chi connectivity index (χ0) is 13.9. The summed E-state index contributed by atoms with van der Waals surface area (Å²) in [4.78, 5) is 11.1. The summed E-state index contributed by atoms with van der Waals surface area (Å²) in [6.07, 6.45) is 0. The second kappa shape index (κ2) is 5.40. The lowest BCUT2D eigenvalue weighted by molar-refractivity contribution is -0.386. The number of nitro benzene ring substituents is 1. The van der Waals surface area contributed by atoms with Crippen LogP contribution in [0, 0.1) is 39.0 Å². The molecular weight excluding hydrogens is 244 g/mol. The first kappa shape index (κ1) is 13.8. The largest absolute Gasteiger partial charge is 0.368 e. The summed E-state index contributed by atoms with van der Waals surface area (Å²) in [5.41, 5.74) is -0.969. The summed E-state index contributed by atoms with van der Waals surface area (Å²) in [6, 6.07) is 3.29. The van der Waals surface area contributed by atoms with E-state index in [4.69, 9.17) is 5.26 Å². The van der Waals surface area contributed by atoms with Gasteiger partial charge in [0.2, 0.25) is 5.82 Å². The molecule has 5 nitrogen and oxygen atoms in total. The highest BCUT2D eigenvalue weighted by Gasteiger charge is 2.25. The van der Waals surface area contributed by atoms with Crippen molar-refractivity contribution in [1.82, 2.24) is 0 Å². The predicted molar refractivity (Wildman–Crippen MR) is 61.1 cm³/mol. The third-order valence-electron chi connectivity index (χ3n) is 2.37. The molecule has 0 aromatic heterocycles. The Balaban J connectivity index is 3.22. The highest BCUT2D eigenvalue weighted by Crippen LogP contribution is 2.31. The van der Waals surface area contributed by atoms with Gasteiger partial charge in [0, 0.05) is 25.7 Å². The number of benzene rings is 1. The first-order valence-electron chi connectivity index (χ1n) is 5.11. The van der Waals surface area contributed by atoms with Crippen LogP contribution in [0.1, 0.15) is 6.92 Å². The van der Waals surface area contributed by atoms with E-state index >= 15 is 0 Å². The van der Waals surface area contributed by atoms with Crippen molar-refractivity contribution in [3.63, 3.8) is 0 Å². The molecule has 0 saturated carbocycles. The molecular formula is C11H11F2N3O2. The molecule has 0 aliphatic carbocycles. The van der Waals surface area contributed by atoms with Crippen molar-refractivity contribution in [2.45, 2.75) is 6.92 Å². The SMILES string of the molecule is CC(C#N)CN(C)c1cc(F)cc(F)c1[N+](=O)[O-]. The summed E-state index contributed by atoms with van der Waals surface area (Å²) in [7, 11) is 1.44. The molecule has 0 N–H and O–H groups in total. The van der Waals surface area contributed by atoms with Crippen molar-refractivity contribution in [3.8, 4) is 6.07 Å². The Labute approximate surface area is 102 Å². The standard InChI is InChI=1S/C11H11F2N3O2/c1-7(5-14)6-15(2)10-4-8(12)3-9(13)11(10)16(17)18/h3-4,7H,6H2,1-2H3. The maximum absolute atomic E-state index is 13.4. The van der Waals surface area contributed by atoms with Gasteiger partial charge in [-0.05, 0) is 6.92 Å². The van der Waals surface area contributed by atoms with Crippen molar-refractivity contribution in [1.29, 1.82) is 5.26 Å². The number of hydrogen-bond donors (Lipinski definition) is 0. The molecule has 18 heavy (non-hydrogen) atoms.